The van der Waals surface area contributed by atoms with Crippen LogP contribution in [0.4, 0.5) is 0 Å². The average molecular weight is 212 g/mol. The minimum atomic E-state index is -0.732. The first-order valence-electron chi connectivity index (χ1n) is 5.17. The van der Waals surface area contributed by atoms with Gasteiger partial charge in [0.15, 0.2) is 0 Å². The van der Waals surface area contributed by atoms with E-state index >= 15 is 0 Å². The molecule has 1 rings (SSSR count). The van der Waals surface area contributed by atoms with Gasteiger partial charge in [0.1, 0.15) is 17.7 Å². The first kappa shape index (κ1) is 11.9. The van der Waals surface area contributed by atoms with Crippen molar-refractivity contribution in [2.24, 2.45) is 5.92 Å². The highest BCUT2D eigenvalue weighted by molar-refractivity contribution is 5.76. The standard InChI is InChI=1S/C11H16O4/c1-8(7-12)11(5-3-9(2)13)6-4-10(14)15-11/h7-8H,3-6H2,1-2H3. The smallest absolute Gasteiger partial charge is 0.306 e. The van der Waals surface area contributed by atoms with Crippen molar-refractivity contribution in [3.8, 4) is 0 Å². The zero-order chi connectivity index (χ0) is 11.5. The van der Waals surface area contributed by atoms with E-state index < -0.39 is 5.60 Å². The first-order valence-corrected chi connectivity index (χ1v) is 5.17. The van der Waals surface area contributed by atoms with Crippen LogP contribution in [0.2, 0.25) is 0 Å². The second-order valence-electron chi connectivity index (χ2n) is 4.17. The largest absolute Gasteiger partial charge is 0.458 e. The summed E-state index contributed by atoms with van der Waals surface area (Å²) in [5.74, 6) is -0.564. The van der Waals surface area contributed by atoms with Crippen LogP contribution >= 0.6 is 0 Å². The molecule has 0 radical (unpaired) electrons. The van der Waals surface area contributed by atoms with Gasteiger partial charge in [-0.3, -0.25) is 4.79 Å². The summed E-state index contributed by atoms with van der Waals surface area (Å²) in [7, 11) is 0. The van der Waals surface area contributed by atoms with E-state index in [4.69, 9.17) is 4.74 Å². The van der Waals surface area contributed by atoms with Gasteiger partial charge in [-0.05, 0) is 19.8 Å². The van der Waals surface area contributed by atoms with Crippen LogP contribution in [0, 0.1) is 5.92 Å². The molecular formula is C11H16O4. The summed E-state index contributed by atoms with van der Waals surface area (Å²) in [6.45, 7) is 3.22. The third-order valence-corrected chi connectivity index (χ3v) is 3.00. The lowest BCUT2D eigenvalue weighted by Crippen LogP contribution is -2.37. The third kappa shape index (κ3) is 2.64. The molecule has 0 bridgehead atoms. The molecule has 1 fully saturated rings. The lowest BCUT2D eigenvalue weighted by Gasteiger charge is -2.30. The van der Waals surface area contributed by atoms with Crippen LogP contribution in [0.5, 0.6) is 0 Å². The van der Waals surface area contributed by atoms with Crippen LogP contribution in [-0.4, -0.2) is 23.6 Å². The quantitative estimate of drug-likeness (QED) is 0.508. The van der Waals surface area contributed by atoms with Gasteiger partial charge >= 0.3 is 5.97 Å². The molecule has 84 valence electrons. The zero-order valence-corrected chi connectivity index (χ0v) is 9.12. The highest BCUT2D eigenvalue weighted by Gasteiger charge is 2.44. The molecule has 0 aliphatic carbocycles. The summed E-state index contributed by atoms with van der Waals surface area (Å²) >= 11 is 0. The van der Waals surface area contributed by atoms with Gasteiger partial charge in [0.25, 0.3) is 0 Å². The fraction of sp³-hybridized carbons (Fsp3) is 0.727. The van der Waals surface area contributed by atoms with Crippen molar-refractivity contribution >= 4 is 18.0 Å². The molecule has 0 aromatic rings. The molecule has 4 nitrogen and oxygen atoms in total. The van der Waals surface area contributed by atoms with Gasteiger partial charge in [-0.25, -0.2) is 0 Å². The van der Waals surface area contributed by atoms with Crippen molar-refractivity contribution in [3.05, 3.63) is 0 Å². The monoisotopic (exact) mass is 212 g/mol. The number of Topliss-reactive ketones (excluding diaryl/α,β-unsaturated/α-hetero) is 1. The van der Waals surface area contributed by atoms with Gasteiger partial charge in [-0.2, -0.15) is 0 Å². The van der Waals surface area contributed by atoms with E-state index in [1.807, 2.05) is 0 Å². The molecule has 1 aliphatic rings. The highest BCUT2D eigenvalue weighted by atomic mass is 16.6. The van der Waals surface area contributed by atoms with E-state index in [0.717, 1.165) is 6.29 Å². The molecule has 0 aromatic heterocycles. The minimum absolute atomic E-state index is 0.0513. The Bertz CT molecular complexity index is 284. The van der Waals surface area contributed by atoms with Crippen LogP contribution in [0.15, 0.2) is 0 Å². The molecule has 0 saturated carbocycles. The summed E-state index contributed by atoms with van der Waals surface area (Å²) in [5, 5.41) is 0. The molecule has 1 aliphatic heterocycles. The van der Waals surface area contributed by atoms with Crippen molar-refractivity contribution in [1.29, 1.82) is 0 Å². The van der Waals surface area contributed by atoms with E-state index in [9.17, 15) is 14.4 Å². The Labute approximate surface area is 89.0 Å². The SMILES string of the molecule is CC(=O)CCC1(C(C)C=O)CCC(=O)O1. The van der Waals surface area contributed by atoms with Crippen LogP contribution in [0.25, 0.3) is 0 Å². The number of rotatable bonds is 5. The van der Waals surface area contributed by atoms with Crippen molar-refractivity contribution in [1.82, 2.24) is 0 Å². The summed E-state index contributed by atoms with van der Waals surface area (Å²) in [5.41, 5.74) is -0.732. The molecule has 1 saturated heterocycles. The number of ether oxygens (including phenoxy) is 1. The second kappa shape index (κ2) is 4.55. The van der Waals surface area contributed by atoms with Crippen molar-refractivity contribution < 1.29 is 19.1 Å². The number of esters is 1. The van der Waals surface area contributed by atoms with Crippen molar-refractivity contribution in [2.75, 3.05) is 0 Å². The summed E-state index contributed by atoms with van der Waals surface area (Å²) in [6, 6.07) is 0. The number of cyclic esters (lactones) is 1. The lowest BCUT2D eigenvalue weighted by atomic mass is 9.82. The average Bonchev–Trinajstić information content (AvgIpc) is 2.57. The van der Waals surface area contributed by atoms with Crippen LogP contribution in [0.1, 0.15) is 39.5 Å². The predicted octanol–water partition coefficient (Wildman–Crippen LogP) is 1.27. The molecular weight excluding hydrogens is 196 g/mol. The number of hydrogen-bond acceptors (Lipinski definition) is 4. The Morgan fingerprint density at radius 2 is 2.33 bits per heavy atom. The fourth-order valence-corrected chi connectivity index (χ4v) is 1.88. The fourth-order valence-electron chi connectivity index (χ4n) is 1.88. The Balaban J connectivity index is 2.73. The number of carbonyl (C=O) groups excluding carboxylic acids is 3. The predicted molar refractivity (Wildman–Crippen MR) is 53.2 cm³/mol. The van der Waals surface area contributed by atoms with Gasteiger partial charge in [-0.1, -0.05) is 6.92 Å². The summed E-state index contributed by atoms with van der Waals surface area (Å²) in [6.07, 6.45) is 2.48. The third-order valence-electron chi connectivity index (χ3n) is 3.00. The minimum Gasteiger partial charge on any atom is -0.458 e. The molecule has 0 aromatic carbocycles. The van der Waals surface area contributed by atoms with E-state index in [-0.39, 0.29) is 17.7 Å². The van der Waals surface area contributed by atoms with Crippen LogP contribution in [-0.2, 0) is 19.1 Å². The van der Waals surface area contributed by atoms with Gasteiger partial charge in [0.2, 0.25) is 0 Å². The molecule has 4 heteroatoms. The van der Waals surface area contributed by atoms with Crippen molar-refractivity contribution in [3.63, 3.8) is 0 Å². The normalized spacial score (nSPS) is 27.2. The van der Waals surface area contributed by atoms with E-state index in [1.54, 1.807) is 6.92 Å². The first-order chi connectivity index (χ1) is 7.00. The maximum atomic E-state index is 11.1. The second-order valence-corrected chi connectivity index (χ2v) is 4.17. The van der Waals surface area contributed by atoms with Crippen molar-refractivity contribution in [2.45, 2.75) is 45.1 Å². The molecule has 1 heterocycles. The number of aldehydes is 1. The topological polar surface area (TPSA) is 60.4 Å². The number of carbonyl (C=O) groups is 3. The maximum Gasteiger partial charge on any atom is 0.306 e. The number of hydrogen-bond donors (Lipinski definition) is 0. The molecule has 2 unspecified atom stereocenters. The molecule has 0 N–H and O–H groups in total. The molecule has 15 heavy (non-hydrogen) atoms. The van der Waals surface area contributed by atoms with E-state index in [2.05, 4.69) is 0 Å². The Hall–Kier alpha value is -1.19. The van der Waals surface area contributed by atoms with Crippen LogP contribution < -0.4 is 0 Å². The van der Waals surface area contributed by atoms with Gasteiger partial charge in [0, 0.05) is 12.8 Å². The van der Waals surface area contributed by atoms with Gasteiger partial charge < -0.3 is 14.3 Å². The summed E-state index contributed by atoms with van der Waals surface area (Å²) in [4.78, 5) is 32.8. The molecule has 2 atom stereocenters. The number of ketones is 1. The molecule has 0 amide bonds. The lowest BCUT2D eigenvalue weighted by molar-refractivity contribution is -0.154. The Kier molecular flexibility index (Phi) is 3.61. The van der Waals surface area contributed by atoms with Gasteiger partial charge in [0.05, 0.1) is 5.92 Å². The molecule has 0 spiro atoms. The van der Waals surface area contributed by atoms with E-state index in [0.29, 0.717) is 25.7 Å². The van der Waals surface area contributed by atoms with E-state index in [1.165, 1.54) is 6.92 Å². The maximum absolute atomic E-state index is 11.1. The summed E-state index contributed by atoms with van der Waals surface area (Å²) < 4.78 is 5.23. The Morgan fingerprint density at radius 3 is 2.73 bits per heavy atom. The van der Waals surface area contributed by atoms with Gasteiger partial charge in [-0.15, -0.1) is 0 Å². The zero-order valence-electron chi connectivity index (χ0n) is 9.12. The van der Waals surface area contributed by atoms with Crippen LogP contribution in [0.3, 0.4) is 0 Å². The Morgan fingerprint density at radius 1 is 1.67 bits per heavy atom. The highest BCUT2D eigenvalue weighted by Crippen LogP contribution is 2.37.